The smallest absolute Gasteiger partial charge is 0.220 e. The average Bonchev–Trinajstić information content (AvgIpc) is 2.42. The fraction of sp³-hybridized carbons (Fsp3) is 0.867. The van der Waals surface area contributed by atoms with Gasteiger partial charge in [-0.2, -0.15) is 0 Å². The summed E-state index contributed by atoms with van der Waals surface area (Å²) in [6, 6.07) is 0. The number of unbranched alkanes of at least 4 members (excludes halogenated alkanes) is 8. The highest BCUT2D eigenvalue weighted by molar-refractivity contribution is 5.86. The van der Waals surface area contributed by atoms with Crippen LogP contribution in [0.15, 0.2) is 0 Å². The van der Waals surface area contributed by atoms with Crippen LogP contribution in [-0.2, 0) is 9.59 Å². The molecule has 0 aliphatic carbocycles. The number of nitrogens with one attached hydrogen (secondary N) is 1. The number of carbonyl (C=O) groups is 2. The van der Waals surface area contributed by atoms with E-state index in [0.29, 0.717) is 6.42 Å². The van der Waals surface area contributed by atoms with Gasteiger partial charge >= 0.3 is 0 Å². The summed E-state index contributed by atoms with van der Waals surface area (Å²) in [6.45, 7) is 1.67. The third-order valence-electron chi connectivity index (χ3n) is 3.17. The molecule has 0 unspecified atom stereocenters. The van der Waals surface area contributed by atoms with Crippen LogP contribution in [0, 0.1) is 0 Å². The normalized spacial score (nSPS) is 10.4. The predicted molar refractivity (Wildman–Crippen MR) is 76.9 cm³/mol. The fourth-order valence-electron chi connectivity index (χ4n) is 1.94. The van der Waals surface area contributed by atoms with Gasteiger partial charge in [0.15, 0.2) is 5.78 Å². The minimum Gasteiger partial charge on any atom is -0.389 e. The van der Waals surface area contributed by atoms with Crippen LogP contribution in [0.3, 0.4) is 0 Å². The Hall–Kier alpha value is -0.900. The van der Waals surface area contributed by atoms with Gasteiger partial charge in [-0.1, -0.05) is 58.3 Å². The molecular weight excluding hydrogens is 242 g/mol. The maximum absolute atomic E-state index is 11.3. The standard InChI is InChI=1S/C15H29NO3/c1-2-3-4-5-6-7-8-9-10-11-15(19)16-12-14(18)13-17/h17H,2-13H2,1H3,(H,16,19). The van der Waals surface area contributed by atoms with E-state index in [9.17, 15) is 9.59 Å². The van der Waals surface area contributed by atoms with Gasteiger partial charge in [0.2, 0.25) is 5.91 Å². The highest BCUT2D eigenvalue weighted by Gasteiger charge is 2.03. The molecule has 0 heterocycles. The van der Waals surface area contributed by atoms with E-state index >= 15 is 0 Å². The van der Waals surface area contributed by atoms with Crippen molar-refractivity contribution in [3.63, 3.8) is 0 Å². The van der Waals surface area contributed by atoms with E-state index < -0.39 is 6.61 Å². The van der Waals surface area contributed by atoms with E-state index in [0.717, 1.165) is 12.8 Å². The number of rotatable bonds is 13. The second-order valence-electron chi connectivity index (χ2n) is 5.05. The highest BCUT2D eigenvalue weighted by atomic mass is 16.3. The Bertz CT molecular complexity index is 242. The lowest BCUT2D eigenvalue weighted by Gasteiger charge is -2.04. The van der Waals surface area contributed by atoms with Crippen LogP contribution in [0.4, 0.5) is 0 Å². The second kappa shape index (κ2) is 13.5. The Morgan fingerprint density at radius 2 is 1.42 bits per heavy atom. The molecule has 1 amide bonds. The van der Waals surface area contributed by atoms with E-state index in [4.69, 9.17) is 5.11 Å². The molecule has 4 heteroatoms. The molecule has 0 aliphatic heterocycles. The Morgan fingerprint density at radius 3 is 1.95 bits per heavy atom. The fourth-order valence-corrected chi connectivity index (χ4v) is 1.94. The SMILES string of the molecule is CCCCCCCCCCCC(=O)NCC(=O)CO. The summed E-state index contributed by atoms with van der Waals surface area (Å²) in [4.78, 5) is 22.1. The van der Waals surface area contributed by atoms with Gasteiger partial charge in [-0.05, 0) is 6.42 Å². The van der Waals surface area contributed by atoms with Crippen molar-refractivity contribution in [1.29, 1.82) is 0 Å². The first kappa shape index (κ1) is 18.1. The Morgan fingerprint density at radius 1 is 0.895 bits per heavy atom. The molecule has 0 fully saturated rings. The molecule has 0 bridgehead atoms. The van der Waals surface area contributed by atoms with E-state index in [1.54, 1.807) is 0 Å². The van der Waals surface area contributed by atoms with Gasteiger partial charge in [-0.3, -0.25) is 9.59 Å². The number of aliphatic hydroxyl groups excluding tert-OH is 1. The molecule has 19 heavy (non-hydrogen) atoms. The molecule has 0 atom stereocenters. The molecule has 0 spiro atoms. The zero-order chi connectivity index (χ0) is 14.3. The number of hydrogen-bond donors (Lipinski definition) is 2. The lowest BCUT2D eigenvalue weighted by Crippen LogP contribution is -2.30. The lowest BCUT2D eigenvalue weighted by molar-refractivity contribution is -0.126. The van der Waals surface area contributed by atoms with Gasteiger partial charge in [-0.15, -0.1) is 0 Å². The summed E-state index contributed by atoms with van der Waals surface area (Å²) in [6.07, 6.45) is 11.5. The first-order chi connectivity index (χ1) is 9.20. The number of Topliss-reactive ketones (excluding diaryl/α,β-unsaturated/α-hetero) is 1. The molecule has 0 saturated heterocycles. The summed E-state index contributed by atoms with van der Waals surface area (Å²) in [7, 11) is 0. The number of aliphatic hydroxyl groups is 1. The second-order valence-corrected chi connectivity index (χ2v) is 5.05. The van der Waals surface area contributed by atoms with E-state index in [2.05, 4.69) is 12.2 Å². The van der Waals surface area contributed by atoms with Crippen molar-refractivity contribution in [1.82, 2.24) is 5.32 Å². The average molecular weight is 271 g/mol. The zero-order valence-electron chi connectivity index (χ0n) is 12.2. The lowest BCUT2D eigenvalue weighted by atomic mass is 10.1. The first-order valence-electron chi connectivity index (χ1n) is 7.60. The molecule has 0 aromatic heterocycles. The number of ketones is 1. The van der Waals surface area contributed by atoms with Crippen LogP contribution >= 0.6 is 0 Å². The third kappa shape index (κ3) is 13.3. The van der Waals surface area contributed by atoms with Crippen molar-refractivity contribution in [2.75, 3.05) is 13.2 Å². The van der Waals surface area contributed by atoms with Gasteiger partial charge in [-0.25, -0.2) is 0 Å². The Balaban J connectivity index is 3.21. The molecule has 0 radical (unpaired) electrons. The zero-order valence-corrected chi connectivity index (χ0v) is 12.2. The summed E-state index contributed by atoms with van der Waals surface area (Å²) in [5, 5.41) is 11.0. The number of hydrogen-bond acceptors (Lipinski definition) is 3. The van der Waals surface area contributed by atoms with Gasteiger partial charge in [0.05, 0.1) is 6.54 Å². The molecule has 0 aromatic carbocycles. The highest BCUT2D eigenvalue weighted by Crippen LogP contribution is 2.10. The topological polar surface area (TPSA) is 66.4 Å². The maximum atomic E-state index is 11.3. The van der Waals surface area contributed by atoms with Crippen molar-refractivity contribution in [2.45, 2.75) is 71.1 Å². The minimum atomic E-state index is -0.502. The van der Waals surface area contributed by atoms with Crippen molar-refractivity contribution in [3.05, 3.63) is 0 Å². The van der Waals surface area contributed by atoms with Crippen LogP contribution in [0.5, 0.6) is 0 Å². The molecule has 112 valence electrons. The quantitative estimate of drug-likeness (QED) is 0.506. The van der Waals surface area contributed by atoms with Crippen LogP contribution in [0.2, 0.25) is 0 Å². The van der Waals surface area contributed by atoms with Crippen molar-refractivity contribution in [2.24, 2.45) is 0 Å². The number of carbonyl (C=O) groups excluding carboxylic acids is 2. The molecule has 0 rings (SSSR count). The van der Waals surface area contributed by atoms with E-state index in [-0.39, 0.29) is 18.2 Å². The minimum absolute atomic E-state index is 0.0488. The van der Waals surface area contributed by atoms with Gasteiger partial charge < -0.3 is 10.4 Å². The maximum Gasteiger partial charge on any atom is 0.220 e. The molecule has 4 nitrogen and oxygen atoms in total. The van der Waals surface area contributed by atoms with Crippen LogP contribution in [0.1, 0.15) is 71.1 Å². The molecule has 2 N–H and O–H groups in total. The van der Waals surface area contributed by atoms with Crippen LogP contribution in [0.25, 0.3) is 0 Å². The van der Waals surface area contributed by atoms with Crippen molar-refractivity contribution < 1.29 is 14.7 Å². The summed E-state index contributed by atoms with van der Waals surface area (Å²) in [5.74, 6) is -0.440. The molecule has 0 aromatic rings. The molecule has 0 saturated carbocycles. The predicted octanol–water partition coefficient (Wildman–Crippen LogP) is 2.58. The first-order valence-corrected chi connectivity index (χ1v) is 7.60. The Kier molecular flexibility index (Phi) is 12.9. The monoisotopic (exact) mass is 271 g/mol. The molecule has 0 aliphatic rings. The number of amides is 1. The van der Waals surface area contributed by atoms with Gasteiger partial charge in [0.25, 0.3) is 0 Å². The van der Waals surface area contributed by atoms with Gasteiger partial charge in [0, 0.05) is 6.42 Å². The summed E-state index contributed by atoms with van der Waals surface area (Å²) in [5.41, 5.74) is 0. The summed E-state index contributed by atoms with van der Waals surface area (Å²) < 4.78 is 0. The summed E-state index contributed by atoms with van der Waals surface area (Å²) >= 11 is 0. The molecular formula is C15H29NO3. The Labute approximate surface area is 117 Å². The van der Waals surface area contributed by atoms with E-state index in [1.165, 1.54) is 44.9 Å². The van der Waals surface area contributed by atoms with E-state index in [1.807, 2.05) is 0 Å². The van der Waals surface area contributed by atoms with Crippen LogP contribution < -0.4 is 5.32 Å². The van der Waals surface area contributed by atoms with Crippen molar-refractivity contribution >= 4 is 11.7 Å². The van der Waals surface area contributed by atoms with Crippen molar-refractivity contribution in [3.8, 4) is 0 Å². The van der Waals surface area contributed by atoms with Crippen LogP contribution in [-0.4, -0.2) is 29.9 Å². The third-order valence-corrected chi connectivity index (χ3v) is 3.17. The van der Waals surface area contributed by atoms with Gasteiger partial charge in [0.1, 0.15) is 6.61 Å². The largest absolute Gasteiger partial charge is 0.389 e.